The molecule has 0 unspecified atom stereocenters. The van der Waals surface area contributed by atoms with E-state index in [0.29, 0.717) is 6.04 Å². The summed E-state index contributed by atoms with van der Waals surface area (Å²) >= 11 is 0. The molecule has 1 rings (SSSR count). The number of aliphatic carboxylic acids is 1. The maximum Gasteiger partial charge on any atom is 0.322 e. The lowest BCUT2D eigenvalue weighted by Gasteiger charge is -2.37. The van der Waals surface area contributed by atoms with E-state index in [1.54, 1.807) is 0 Å². The zero-order valence-corrected chi connectivity index (χ0v) is 7.66. The normalized spacial score (nSPS) is 42.6. The second-order valence-corrected chi connectivity index (χ2v) is 3.52. The number of nitrogens with one attached hydrogen (secondary N) is 2. The van der Waals surface area contributed by atoms with Gasteiger partial charge in [-0.05, 0) is 20.8 Å². The predicted octanol–water partition coefficient (Wildman–Crippen LogP) is -0.202. The monoisotopic (exact) mass is 172 g/mol. The molecule has 70 valence electrons. The third-order valence-corrected chi connectivity index (χ3v) is 2.48. The van der Waals surface area contributed by atoms with Crippen LogP contribution >= 0.6 is 0 Å². The average Bonchev–Trinajstić information content (AvgIpc) is 1.96. The van der Waals surface area contributed by atoms with E-state index in [0.717, 1.165) is 0 Å². The van der Waals surface area contributed by atoms with E-state index >= 15 is 0 Å². The third-order valence-electron chi connectivity index (χ3n) is 2.48. The summed E-state index contributed by atoms with van der Waals surface area (Å²) in [5.74, 6) is -0.784. The van der Waals surface area contributed by atoms with Gasteiger partial charge in [0.05, 0.1) is 0 Å². The highest BCUT2D eigenvalue weighted by Gasteiger charge is 2.33. The lowest BCUT2D eigenvalue weighted by Crippen LogP contribution is -2.65. The van der Waals surface area contributed by atoms with E-state index < -0.39 is 12.0 Å². The van der Waals surface area contributed by atoms with Gasteiger partial charge < -0.3 is 10.4 Å². The molecule has 4 nitrogen and oxygen atoms in total. The van der Waals surface area contributed by atoms with Gasteiger partial charge in [0.15, 0.2) is 0 Å². The van der Waals surface area contributed by atoms with Gasteiger partial charge in [-0.1, -0.05) is 0 Å². The van der Waals surface area contributed by atoms with Crippen molar-refractivity contribution < 1.29 is 9.90 Å². The molecular weight excluding hydrogens is 156 g/mol. The number of carboxylic acids is 1. The van der Waals surface area contributed by atoms with E-state index in [4.69, 9.17) is 5.11 Å². The molecule has 4 atom stereocenters. The summed E-state index contributed by atoms with van der Waals surface area (Å²) in [7, 11) is 0. The Labute approximate surface area is 72.3 Å². The second kappa shape index (κ2) is 3.41. The van der Waals surface area contributed by atoms with Crippen LogP contribution in [0.15, 0.2) is 0 Å². The van der Waals surface area contributed by atoms with Crippen LogP contribution < -0.4 is 10.6 Å². The van der Waals surface area contributed by atoms with Crippen molar-refractivity contribution in [3.63, 3.8) is 0 Å². The lowest BCUT2D eigenvalue weighted by molar-refractivity contribution is -0.141. The molecule has 0 aliphatic carbocycles. The molecule has 1 saturated heterocycles. The van der Waals surface area contributed by atoms with Gasteiger partial charge in [0.2, 0.25) is 0 Å². The molecule has 1 heterocycles. The van der Waals surface area contributed by atoms with Gasteiger partial charge in [-0.25, -0.2) is 0 Å². The number of rotatable bonds is 1. The minimum absolute atomic E-state index is 0.00583. The molecule has 4 heteroatoms. The first kappa shape index (κ1) is 9.48. The Morgan fingerprint density at radius 3 is 2.08 bits per heavy atom. The Hall–Kier alpha value is -0.610. The molecule has 3 N–H and O–H groups in total. The van der Waals surface area contributed by atoms with Gasteiger partial charge >= 0.3 is 5.97 Å². The van der Waals surface area contributed by atoms with Crippen LogP contribution in [-0.4, -0.2) is 35.2 Å². The summed E-state index contributed by atoms with van der Waals surface area (Å²) in [5, 5.41) is 15.1. The van der Waals surface area contributed by atoms with Gasteiger partial charge in [-0.15, -0.1) is 0 Å². The van der Waals surface area contributed by atoms with Crippen LogP contribution in [0.1, 0.15) is 20.8 Å². The van der Waals surface area contributed by atoms with Gasteiger partial charge in [0.1, 0.15) is 6.04 Å². The summed E-state index contributed by atoms with van der Waals surface area (Å²) < 4.78 is 0. The Kier molecular flexibility index (Phi) is 2.69. The highest BCUT2D eigenvalue weighted by molar-refractivity contribution is 5.74. The van der Waals surface area contributed by atoms with Crippen molar-refractivity contribution in [3.8, 4) is 0 Å². The van der Waals surface area contributed by atoms with Crippen LogP contribution in [0.2, 0.25) is 0 Å². The van der Waals surface area contributed by atoms with Crippen molar-refractivity contribution in [2.45, 2.75) is 44.9 Å². The zero-order valence-electron chi connectivity index (χ0n) is 7.66. The molecule has 0 aromatic carbocycles. The summed E-state index contributed by atoms with van der Waals surface area (Å²) in [6.45, 7) is 5.92. The van der Waals surface area contributed by atoms with E-state index in [9.17, 15) is 4.79 Å². The fourth-order valence-electron chi connectivity index (χ4n) is 1.51. The minimum Gasteiger partial charge on any atom is -0.480 e. The largest absolute Gasteiger partial charge is 0.480 e. The fourth-order valence-corrected chi connectivity index (χ4v) is 1.51. The van der Waals surface area contributed by atoms with Crippen LogP contribution in [-0.2, 0) is 4.79 Å². The SMILES string of the molecule is C[C@@H]1N[C@H](C)[C@H](C(=O)O)N[C@@H]1C. The van der Waals surface area contributed by atoms with Crippen LogP contribution in [0.4, 0.5) is 0 Å². The second-order valence-electron chi connectivity index (χ2n) is 3.52. The fraction of sp³-hybridized carbons (Fsp3) is 0.875. The lowest BCUT2D eigenvalue weighted by atomic mass is 10.00. The maximum absolute atomic E-state index is 10.7. The Bertz CT molecular complexity index is 184. The molecular formula is C8H16N2O2. The minimum atomic E-state index is -0.784. The summed E-state index contributed by atoms with van der Waals surface area (Å²) in [5.41, 5.74) is 0. The molecule has 1 aliphatic rings. The third kappa shape index (κ3) is 1.76. The van der Waals surface area contributed by atoms with Crippen molar-refractivity contribution in [3.05, 3.63) is 0 Å². The zero-order chi connectivity index (χ0) is 9.30. The van der Waals surface area contributed by atoms with Gasteiger partial charge in [0.25, 0.3) is 0 Å². The van der Waals surface area contributed by atoms with E-state index in [-0.39, 0.29) is 12.1 Å². The van der Waals surface area contributed by atoms with Crippen LogP contribution in [0.5, 0.6) is 0 Å². The van der Waals surface area contributed by atoms with Crippen molar-refractivity contribution in [2.75, 3.05) is 0 Å². The number of carbonyl (C=O) groups is 1. The van der Waals surface area contributed by atoms with Crippen LogP contribution in [0.3, 0.4) is 0 Å². The smallest absolute Gasteiger partial charge is 0.322 e. The predicted molar refractivity (Wildman–Crippen MR) is 46.1 cm³/mol. The molecule has 0 aromatic rings. The van der Waals surface area contributed by atoms with Crippen molar-refractivity contribution in [1.29, 1.82) is 0 Å². The Balaban J connectivity index is 2.61. The summed E-state index contributed by atoms with van der Waals surface area (Å²) in [6.07, 6.45) is 0. The van der Waals surface area contributed by atoms with Crippen LogP contribution in [0.25, 0.3) is 0 Å². The first-order valence-electron chi connectivity index (χ1n) is 4.27. The highest BCUT2D eigenvalue weighted by atomic mass is 16.4. The molecule has 0 saturated carbocycles. The van der Waals surface area contributed by atoms with E-state index in [1.165, 1.54) is 0 Å². The van der Waals surface area contributed by atoms with Crippen molar-refractivity contribution in [1.82, 2.24) is 10.6 Å². The number of piperazine rings is 1. The Morgan fingerprint density at radius 1 is 1.08 bits per heavy atom. The molecule has 0 bridgehead atoms. The molecule has 12 heavy (non-hydrogen) atoms. The first-order valence-corrected chi connectivity index (χ1v) is 4.27. The van der Waals surface area contributed by atoms with Gasteiger partial charge in [-0.3, -0.25) is 10.1 Å². The quantitative estimate of drug-likeness (QED) is 0.512. The van der Waals surface area contributed by atoms with Crippen molar-refractivity contribution >= 4 is 5.97 Å². The van der Waals surface area contributed by atoms with E-state index in [1.807, 2.05) is 20.8 Å². The molecule has 0 radical (unpaired) electrons. The van der Waals surface area contributed by atoms with Crippen molar-refractivity contribution in [2.24, 2.45) is 0 Å². The Morgan fingerprint density at radius 2 is 1.58 bits per heavy atom. The number of carboxylic acid groups (broad SMARTS) is 1. The molecule has 1 fully saturated rings. The molecule has 0 amide bonds. The van der Waals surface area contributed by atoms with Crippen LogP contribution in [0, 0.1) is 0 Å². The maximum atomic E-state index is 10.7. The van der Waals surface area contributed by atoms with Gasteiger partial charge in [-0.2, -0.15) is 0 Å². The average molecular weight is 172 g/mol. The first-order chi connectivity index (χ1) is 5.52. The molecule has 1 aliphatic heterocycles. The van der Waals surface area contributed by atoms with Gasteiger partial charge in [0, 0.05) is 18.1 Å². The number of hydrogen-bond donors (Lipinski definition) is 3. The standard InChI is InChI=1S/C8H16N2O2/c1-4-5(2)10-7(8(11)12)6(3)9-4/h4-7,9-10H,1-3H3,(H,11,12)/t4-,5+,6+,7+/m0/s1. The molecule has 0 spiro atoms. The topological polar surface area (TPSA) is 61.4 Å². The highest BCUT2D eigenvalue weighted by Crippen LogP contribution is 2.07. The molecule has 0 aromatic heterocycles. The summed E-state index contributed by atoms with van der Waals surface area (Å²) in [6, 6.07) is 0.0720. The number of hydrogen-bond acceptors (Lipinski definition) is 3. The summed E-state index contributed by atoms with van der Waals surface area (Å²) in [4.78, 5) is 10.7. The van der Waals surface area contributed by atoms with E-state index in [2.05, 4.69) is 10.6 Å².